The smallest absolute Gasteiger partial charge is 0.227 e. The largest absolute Gasteiger partial charge is 0.392 e. The molecule has 1 heterocycles. The first-order valence-corrected chi connectivity index (χ1v) is 4.81. The quantitative estimate of drug-likeness (QED) is 0.765. The Labute approximate surface area is 83.0 Å². The maximum absolute atomic E-state index is 11.4. The van der Waals surface area contributed by atoms with Gasteiger partial charge in [-0.2, -0.15) is 0 Å². The Kier molecular flexibility index (Phi) is 2.50. The van der Waals surface area contributed by atoms with Crippen molar-refractivity contribution >= 4 is 11.6 Å². The standard InChI is InChI=1S/C11H13NO2/c13-8-9-3-5-10(6-4-9)12-7-1-2-11(12)14/h3-6,13H,1-2,7-8H2. The van der Waals surface area contributed by atoms with Gasteiger partial charge in [0.1, 0.15) is 0 Å². The molecule has 3 heteroatoms. The molecule has 1 N–H and O–H groups in total. The number of hydrogen-bond acceptors (Lipinski definition) is 2. The fraction of sp³-hybridized carbons (Fsp3) is 0.364. The molecule has 0 aliphatic carbocycles. The van der Waals surface area contributed by atoms with Gasteiger partial charge in [-0.1, -0.05) is 12.1 Å². The molecule has 1 aliphatic rings. The molecule has 0 bridgehead atoms. The summed E-state index contributed by atoms with van der Waals surface area (Å²) in [6, 6.07) is 7.46. The Balaban J connectivity index is 2.20. The monoisotopic (exact) mass is 191 g/mol. The van der Waals surface area contributed by atoms with Crippen molar-refractivity contribution < 1.29 is 9.90 Å². The molecule has 0 radical (unpaired) electrons. The predicted octanol–water partition coefficient (Wildman–Crippen LogP) is 1.31. The zero-order chi connectivity index (χ0) is 9.97. The predicted molar refractivity (Wildman–Crippen MR) is 54.0 cm³/mol. The van der Waals surface area contributed by atoms with E-state index in [1.807, 2.05) is 24.3 Å². The van der Waals surface area contributed by atoms with E-state index in [1.54, 1.807) is 4.90 Å². The van der Waals surface area contributed by atoms with Crippen LogP contribution in [0.3, 0.4) is 0 Å². The average Bonchev–Trinajstić information content (AvgIpc) is 2.65. The first-order chi connectivity index (χ1) is 6.81. The van der Waals surface area contributed by atoms with Crippen LogP contribution in [0, 0.1) is 0 Å². The summed E-state index contributed by atoms with van der Waals surface area (Å²) in [6.07, 6.45) is 1.60. The number of benzene rings is 1. The maximum Gasteiger partial charge on any atom is 0.227 e. The highest BCUT2D eigenvalue weighted by Crippen LogP contribution is 2.21. The summed E-state index contributed by atoms with van der Waals surface area (Å²) >= 11 is 0. The van der Waals surface area contributed by atoms with E-state index in [4.69, 9.17) is 5.11 Å². The summed E-state index contributed by atoms with van der Waals surface area (Å²) in [7, 11) is 0. The van der Waals surface area contributed by atoms with Crippen LogP contribution in [-0.2, 0) is 11.4 Å². The van der Waals surface area contributed by atoms with Crippen molar-refractivity contribution in [2.45, 2.75) is 19.4 Å². The SMILES string of the molecule is O=C1CCCN1c1ccc(CO)cc1. The molecule has 1 aromatic carbocycles. The van der Waals surface area contributed by atoms with Gasteiger partial charge in [0.15, 0.2) is 0 Å². The summed E-state index contributed by atoms with van der Waals surface area (Å²) in [5.74, 6) is 0.196. The molecule has 0 aromatic heterocycles. The number of carbonyl (C=O) groups excluding carboxylic acids is 1. The number of nitrogens with zero attached hydrogens (tertiary/aromatic N) is 1. The number of hydrogen-bond donors (Lipinski definition) is 1. The van der Waals surface area contributed by atoms with Crippen LogP contribution >= 0.6 is 0 Å². The normalized spacial score (nSPS) is 16.4. The number of aliphatic hydroxyl groups is 1. The lowest BCUT2D eigenvalue weighted by molar-refractivity contribution is -0.117. The van der Waals surface area contributed by atoms with Gasteiger partial charge in [-0.3, -0.25) is 4.79 Å². The highest BCUT2D eigenvalue weighted by atomic mass is 16.3. The number of rotatable bonds is 2. The fourth-order valence-electron chi connectivity index (χ4n) is 1.70. The van der Waals surface area contributed by atoms with E-state index in [9.17, 15) is 4.79 Å². The molecule has 1 saturated heterocycles. The van der Waals surface area contributed by atoms with E-state index >= 15 is 0 Å². The second-order valence-corrected chi connectivity index (χ2v) is 3.47. The van der Waals surface area contributed by atoms with Crippen molar-refractivity contribution in [2.75, 3.05) is 11.4 Å². The van der Waals surface area contributed by atoms with Crippen molar-refractivity contribution in [1.29, 1.82) is 0 Å². The second kappa shape index (κ2) is 3.80. The minimum absolute atomic E-state index is 0.0498. The number of anilines is 1. The minimum Gasteiger partial charge on any atom is -0.392 e. The maximum atomic E-state index is 11.4. The van der Waals surface area contributed by atoms with Gasteiger partial charge in [0, 0.05) is 18.7 Å². The lowest BCUT2D eigenvalue weighted by Crippen LogP contribution is -2.23. The molecule has 0 unspecified atom stereocenters. The molecule has 2 rings (SSSR count). The van der Waals surface area contributed by atoms with Crippen LogP contribution in [0.5, 0.6) is 0 Å². The van der Waals surface area contributed by atoms with E-state index in [0.717, 1.165) is 24.2 Å². The molecule has 1 aliphatic heterocycles. The Hall–Kier alpha value is -1.35. The van der Waals surface area contributed by atoms with Gasteiger partial charge < -0.3 is 10.0 Å². The van der Waals surface area contributed by atoms with E-state index < -0.39 is 0 Å². The van der Waals surface area contributed by atoms with Gasteiger partial charge in [0.2, 0.25) is 5.91 Å². The van der Waals surface area contributed by atoms with E-state index in [1.165, 1.54) is 0 Å². The molecule has 1 aromatic rings. The van der Waals surface area contributed by atoms with Gasteiger partial charge in [-0.15, -0.1) is 0 Å². The van der Waals surface area contributed by atoms with Crippen molar-refractivity contribution in [2.24, 2.45) is 0 Å². The lowest BCUT2D eigenvalue weighted by atomic mass is 10.2. The van der Waals surface area contributed by atoms with Crippen LogP contribution in [0.1, 0.15) is 18.4 Å². The highest BCUT2D eigenvalue weighted by Gasteiger charge is 2.21. The van der Waals surface area contributed by atoms with Crippen molar-refractivity contribution in [3.8, 4) is 0 Å². The molecule has 74 valence electrons. The van der Waals surface area contributed by atoms with Crippen molar-refractivity contribution in [3.63, 3.8) is 0 Å². The highest BCUT2D eigenvalue weighted by molar-refractivity contribution is 5.95. The van der Waals surface area contributed by atoms with Crippen molar-refractivity contribution in [1.82, 2.24) is 0 Å². The van der Waals surface area contributed by atoms with Gasteiger partial charge in [0.25, 0.3) is 0 Å². The molecule has 14 heavy (non-hydrogen) atoms. The Bertz CT molecular complexity index is 332. The van der Waals surface area contributed by atoms with Gasteiger partial charge in [-0.05, 0) is 24.1 Å². The number of carbonyl (C=O) groups is 1. The van der Waals surface area contributed by atoms with Crippen LogP contribution in [0.25, 0.3) is 0 Å². The first-order valence-electron chi connectivity index (χ1n) is 4.81. The topological polar surface area (TPSA) is 40.5 Å². The number of aliphatic hydroxyl groups excluding tert-OH is 1. The minimum atomic E-state index is 0.0498. The van der Waals surface area contributed by atoms with E-state index in [-0.39, 0.29) is 12.5 Å². The lowest BCUT2D eigenvalue weighted by Gasteiger charge is -2.15. The Morgan fingerprint density at radius 2 is 2.00 bits per heavy atom. The molecular weight excluding hydrogens is 178 g/mol. The van der Waals surface area contributed by atoms with Crippen LogP contribution < -0.4 is 4.90 Å². The first kappa shape index (κ1) is 9.21. The molecule has 1 amide bonds. The van der Waals surface area contributed by atoms with Crippen LogP contribution in [0.15, 0.2) is 24.3 Å². The molecule has 0 spiro atoms. The van der Waals surface area contributed by atoms with Crippen LogP contribution in [0.4, 0.5) is 5.69 Å². The average molecular weight is 191 g/mol. The fourth-order valence-corrected chi connectivity index (χ4v) is 1.70. The third-order valence-electron chi connectivity index (χ3n) is 2.50. The molecule has 0 atom stereocenters. The van der Waals surface area contributed by atoms with Gasteiger partial charge in [-0.25, -0.2) is 0 Å². The zero-order valence-corrected chi connectivity index (χ0v) is 7.94. The third kappa shape index (κ3) is 1.63. The molecule has 3 nitrogen and oxygen atoms in total. The summed E-state index contributed by atoms with van der Waals surface area (Å²) in [5.41, 5.74) is 1.81. The Morgan fingerprint density at radius 3 is 2.50 bits per heavy atom. The zero-order valence-electron chi connectivity index (χ0n) is 7.94. The summed E-state index contributed by atoms with van der Waals surface area (Å²) in [6.45, 7) is 0.867. The molecular formula is C11H13NO2. The van der Waals surface area contributed by atoms with E-state index in [0.29, 0.717) is 6.42 Å². The summed E-state index contributed by atoms with van der Waals surface area (Å²) < 4.78 is 0. The number of amides is 1. The van der Waals surface area contributed by atoms with Crippen LogP contribution in [-0.4, -0.2) is 17.6 Å². The second-order valence-electron chi connectivity index (χ2n) is 3.47. The van der Waals surface area contributed by atoms with Crippen LogP contribution in [0.2, 0.25) is 0 Å². The summed E-state index contributed by atoms with van der Waals surface area (Å²) in [4.78, 5) is 13.2. The van der Waals surface area contributed by atoms with Gasteiger partial charge in [0.05, 0.1) is 6.61 Å². The summed E-state index contributed by atoms with van der Waals surface area (Å²) in [5, 5.41) is 8.87. The Morgan fingerprint density at radius 1 is 1.29 bits per heavy atom. The molecule has 1 fully saturated rings. The van der Waals surface area contributed by atoms with Gasteiger partial charge >= 0.3 is 0 Å². The van der Waals surface area contributed by atoms with E-state index in [2.05, 4.69) is 0 Å². The third-order valence-corrected chi connectivity index (χ3v) is 2.50. The van der Waals surface area contributed by atoms with Crippen molar-refractivity contribution in [3.05, 3.63) is 29.8 Å². The molecule has 0 saturated carbocycles.